The molecule has 0 saturated heterocycles. The highest BCUT2D eigenvalue weighted by Crippen LogP contribution is 2.54. The second kappa shape index (κ2) is 8.10. The third-order valence-electron chi connectivity index (χ3n) is 5.78. The van der Waals surface area contributed by atoms with Gasteiger partial charge in [0.1, 0.15) is 17.1 Å². The monoisotopic (exact) mass is 367 g/mol. The Balaban J connectivity index is 1.77. The molecule has 1 aliphatic heterocycles. The summed E-state index contributed by atoms with van der Waals surface area (Å²) in [5.41, 5.74) is 11.5. The van der Waals surface area contributed by atoms with E-state index in [0.29, 0.717) is 24.1 Å². The molecule has 0 amide bonds. The number of unbranched alkanes of at least 4 members (excludes halogenated alkanes) is 1. The minimum absolute atomic E-state index is 0.239. The van der Waals surface area contributed by atoms with E-state index in [1.807, 2.05) is 6.07 Å². The first-order chi connectivity index (χ1) is 12.9. The van der Waals surface area contributed by atoms with Gasteiger partial charge in [0.05, 0.1) is 0 Å². The average Bonchev–Trinajstić information content (AvgIpc) is 2.59. The van der Waals surface area contributed by atoms with Crippen molar-refractivity contribution in [3.05, 3.63) is 57.5 Å². The lowest BCUT2D eigenvalue weighted by molar-refractivity contribution is 0.00754. The second-order valence-corrected chi connectivity index (χ2v) is 8.21. The van der Waals surface area contributed by atoms with Crippen molar-refractivity contribution in [1.82, 2.24) is 0 Å². The van der Waals surface area contributed by atoms with Crippen molar-refractivity contribution in [1.29, 1.82) is 0 Å². The molecule has 0 saturated carbocycles. The highest BCUT2D eigenvalue weighted by molar-refractivity contribution is 5.53. The van der Waals surface area contributed by atoms with Gasteiger partial charge < -0.3 is 9.84 Å². The summed E-state index contributed by atoms with van der Waals surface area (Å²) in [5, 5.41) is 14.3. The molecule has 3 rings (SSSR count). The number of azide groups is 1. The van der Waals surface area contributed by atoms with E-state index in [2.05, 4.69) is 55.1 Å². The maximum atomic E-state index is 10.8. The van der Waals surface area contributed by atoms with Gasteiger partial charge >= 0.3 is 0 Å². The van der Waals surface area contributed by atoms with Crippen molar-refractivity contribution >= 4 is 0 Å². The van der Waals surface area contributed by atoms with E-state index < -0.39 is 0 Å². The Kier molecular flexibility index (Phi) is 5.81. The molecule has 2 aliphatic rings. The fourth-order valence-corrected chi connectivity index (χ4v) is 4.40. The summed E-state index contributed by atoms with van der Waals surface area (Å²) in [6, 6.07) is 3.97. The van der Waals surface area contributed by atoms with Gasteiger partial charge in [0.15, 0.2) is 0 Å². The zero-order valence-corrected chi connectivity index (χ0v) is 16.5. The maximum absolute atomic E-state index is 10.8. The van der Waals surface area contributed by atoms with E-state index in [9.17, 15) is 5.11 Å². The van der Waals surface area contributed by atoms with E-state index >= 15 is 0 Å². The number of allylic oxidation sites excluding steroid dienone is 4. The minimum atomic E-state index is -0.239. The first kappa shape index (κ1) is 19.4. The number of hydrogen-bond acceptors (Lipinski definition) is 3. The molecule has 144 valence electrons. The van der Waals surface area contributed by atoms with Crippen LogP contribution in [0.1, 0.15) is 63.5 Å². The molecule has 0 aromatic heterocycles. The topological polar surface area (TPSA) is 78.2 Å². The van der Waals surface area contributed by atoms with Crippen LogP contribution in [-0.4, -0.2) is 17.3 Å². The fourth-order valence-electron chi connectivity index (χ4n) is 4.40. The number of fused-ring (bicyclic) bond motifs is 3. The number of ether oxygens (including phenoxy) is 1. The number of benzene rings is 1. The highest BCUT2D eigenvalue weighted by Gasteiger charge is 2.45. The maximum Gasteiger partial charge on any atom is 0.127 e. The lowest BCUT2D eigenvalue weighted by atomic mass is 9.67. The molecule has 0 unspecified atom stereocenters. The lowest BCUT2D eigenvalue weighted by Crippen LogP contribution is -2.45. The van der Waals surface area contributed by atoms with Crippen molar-refractivity contribution in [2.24, 2.45) is 11.0 Å². The van der Waals surface area contributed by atoms with Crippen LogP contribution >= 0.6 is 0 Å². The third-order valence-corrected chi connectivity index (χ3v) is 5.78. The predicted molar refractivity (Wildman–Crippen MR) is 108 cm³/mol. The molecule has 0 spiro atoms. The quantitative estimate of drug-likeness (QED) is 0.214. The number of rotatable bonds is 6. The summed E-state index contributed by atoms with van der Waals surface area (Å²) in [4.78, 5) is 2.75. The number of aromatic hydroxyl groups is 1. The standard InChI is InChI=1S/C22H29N3O2/c1-15-9-10-18-17(12-15)21-19(26)13-16(14-20(21)27-22(18,2)3)8-6-4-5-7-11-24-25-23/h4,6,9,13-14,17-18,26H,5,7-8,10-12H2,1-3H3/b6-4-/t17-,18-/m1/s1. The second-order valence-electron chi connectivity index (χ2n) is 8.21. The summed E-state index contributed by atoms with van der Waals surface area (Å²) < 4.78 is 6.36. The molecular formula is C22H29N3O2. The molecular weight excluding hydrogens is 338 g/mol. The average molecular weight is 367 g/mol. The van der Waals surface area contributed by atoms with Crippen molar-refractivity contribution < 1.29 is 9.84 Å². The number of nitrogens with zero attached hydrogens (tertiary/aromatic N) is 3. The lowest BCUT2D eigenvalue weighted by Gasteiger charge is -2.47. The molecule has 5 heteroatoms. The Morgan fingerprint density at radius 1 is 1.37 bits per heavy atom. The van der Waals surface area contributed by atoms with Crippen LogP contribution in [-0.2, 0) is 6.42 Å². The highest BCUT2D eigenvalue weighted by atomic mass is 16.5. The van der Waals surface area contributed by atoms with Crippen LogP contribution in [0.5, 0.6) is 11.5 Å². The SMILES string of the molecule is CC1=CC[C@@H]2[C@@H](C1)c1c(O)cc(C/C=C\CCCN=[N+]=[N-])cc1OC2(C)C. The summed E-state index contributed by atoms with van der Waals surface area (Å²) in [7, 11) is 0. The van der Waals surface area contributed by atoms with Gasteiger partial charge in [-0.05, 0) is 76.1 Å². The van der Waals surface area contributed by atoms with Crippen LogP contribution < -0.4 is 4.74 Å². The van der Waals surface area contributed by atoms with E-state index in [1.54, 1.807) is 0 Å². The van der Waals surface area contributed by atoms with Crippen LogP contribution in [0.4, 0.5) is 0 Å². The molecule has 27 heavy (non-hydrogen) atoms. The third kappa shape index (κ3) is 4.30. The van der Waals surface area contributed by atoms with Gasteiger partial charge in [0.2, 0.25) is 0 Å². The van der Waals surface area contributed by atoms with Crippen LogP contribution in [0.3, 0.4) is 0 Å². The van der Waals surface area contributed by atoms with E-state index in [-0.39, 0.29) is 5.60 Å². The van der Waals surface area contributed by atoms with Gasteiger partial charge in [0.25, 0.3) is 0 Å². The molecule has 1 N–H and O–H groups in total. The molecule has 1 aromatic rings. The molecule has 0 bridgehead atoms. The Bertz CT molecular complexity index is 804. The number of hydrogen-bond donors (Lipinski definition) is 1. The van der Waals surface area contributed by atoms with Crippen molar-refractivity contribution in [3.8, 4) is 11.5 Å². The normalized spacial score (nSPS) is 23.0. The van der Waals surface area contributed by atoms with Gasteiger partial charge in [0, 0.05) is 28.9 Å². The Morgan fingerprint density at radius 3 is 2.96 bits per heavy atom. The zero-order chi connectivity index (χ0) is 19.4. The number of phenolic OH excluding ortho intramolecular Hbond substituents is 1. The van der Waals surface area contributed by atoms with Crippen LogP contribution in [0, 0.1) is 5.92 Å². The molecule has 2 atom stereocenters. The van der Waals surface area contributed by atoms with Crippen LogP contribution in [0.25, 0.3) is 10.4 Å². The fraction of sp³-hybridized carbons (Fsp3) is 0.545. The van der Waals surface area contributed by atoms with Crippen LogP contribution in [0.2, 0.25) is 0 Å². The Morgan fingerprint density at radius 2 is 2.19 bits per heavy atom. The molecule has 1 aromatic carbocycles. The van der Waals surface area contributed by atoms with Gasteiger partial charge in [-0.25, -0.2) is 0 Å². The zero-order valence-electron chi connectivity index (χ0n) is 16.5. The summed E-state index contributed by atoms with van der Waals surface area (Å²) in [5.74, 6) is 1.91. The van der Waals surface area contributed by atoms with Crippen LogP contribution in [0.15, 0.2) is 41.0 Å². The first-order valence-corrected chi connectivity index (χ1v) is 9.78. The molecule has 0 radical (unpaired) electrons. The van der Waals surface area contributed by atoms with Gasteiger partial charge in [-0.3, -0.25) is 0 Å². The molecule has 1 heterocycles. The first-order valence-electron chi connectivity index (χ1n) is 9.78. The summed E-state index contributed by atoms with van der Waals surface area (Å²) in [6.07, 6.45) is 11.0. The van der Waals surface area contributed by atoms with Crippen molar-refractivity contribution in [3.63, 3.8) is 0 Å². The van der Waals surface area contributed by atoms with Crippen molar-refractivity contribution in [2.75, 3.05) is 6.54 Å². The van der Waals surface area contributed by atoms with Crippen molar-refractivity contribution in [2.45, 2.75) is 64.4 Å². The largest absolute Gasteiger partial charge is 0.508 e. The van der Waals surface area contributed by atoms with E-state index in [1.165, 1.54) is 5.57 Å². The van der Waals surface area contributed by atoms with Gasteiger partial charge in [-0.15, -0.1) is 0 Å². The predicted octanol–water partition coefficient (Wildman–Crippen LogP) is 6.19. The van der Waals surface area contributed by atoms with E-state index in [0.717, 1.165) is 49.0 Å². The molecule has 1 aliphatic carbocycles. The molecule has 0 fully saturated rings. The number of phenols is 1. The molecule has 5 nitrogen and oxygen atoms in total. The van der Waals surface area contributed by atoms with Gasteiger partial charge in [-0.2, -0.15) is 0 Å². The Hall–Kier alpha value is -2.39. The smallest absolute Gasteiger partial charge is 0.127 e. The van der Waals surface area contributed by atoms with Gasteiger partial charge in [-0.1, -0.05) is 28.9 Å². The Labute approximate surface area is 161 Å². The minimum Gasteiger partial charge on any atom is -0.508 e. The van der Waals surface area contributed by atoms with E-state index in [4.69, 9.17) is 10.3 Å². The summed E-state index contributed by atoms with van der Waals surface area (Å²) >= 11 is 0. The summed E-state index contributed by atoms with van der Waals surface area (Å²) in [6.45, 7) is 7.03.